The highest BCUT2D eigenvalue weighted by Crippen LogP contribution is 2.42. The fourth-order valence-electron chi connectivity index (χ4n) is 5.15. The molecule has 0 amide bonds. The van der Waals surface area contributed by atoms with Crippen LogP contribution in [0.5, 0.6) is 5.75 Å². The normalized spacial score (nSPS) is 16.0. The zero-order valence-corrected chi connectivity index (χ0v) is 22.4. The average molecular weight is 544 g/mol. The van der Waals surface area contributed by atoms with Gasteiger partial charge in [0.05, 0.1) is 36.6 Å². The van der Waals surface area contributed by atoms with Gasteiger partial charge in [0.1, 0.15) is 29.4 Å². The molecule has 1 aliphatic heterocycles. The summed E-state index contributed by atoms with van der Waals surface area (Å²) in [6.45, 7) is 1.44. The first-order chi connectivity index (χ1) is 18.7. The number of fused-ring (bicyclic) bond motifs is 1. The third-order valence-electron chi connectivity index (χ3n) is 7.59. The lowest BCUT2D eigenvalue weighted by molar-refractivity contribution is 0.0345. The first-order valence-corrected chi connectivity index (χ1v) is 12.9. The summed E-state index contributed by atoms with van der Waals surface area (Å²) < 4.78 is 62.1. The number of piperidine rings is 1. The summed E-state index contributed by atoms with van der Waals surface area (Å²) >= 11 is 0. The first-order valence-electron chi connectivity index (χ1n) is 12.9. The number of aliphatic hydroxyl groups excluding tert-OH is 1. The van der Waals surface area contributed by atoms with Crippen LogP contribution in [0, 0.1) is 34.7 Å². The minimum absolute atomic E-state index is 0.0588. The van der Waals surface area contributed by atoms with Gasteiger partial charge in [0.15, 0.2) is 0 Å². The molecule has 0 bridgehead atoms. The van der Waals surface area contributed by atoms with Crippen LogP contribution in [0.4, 0.5) is 23.2 Å². The van der Waals surface area contributed by atoms with Crippen molar-refractivity contribution >= 4 is 16.6 Å². The molecule has 2 aromatic carbocycles. The number of benzene rings is 2. The zero-order valence-electron chi connectivity index (χ0n) is 22.4. The molecule has 1 fully saturated rings. The van der Waals surface area contributed by atoms with Crippen molar-refractivity contribution in [1.29, 1.82) is 0 Å². The third-order valence-corrected chi connectivity index (χ3v) is 7.59. The Labute approximate surface area is 226 Å². The van der Waals surface area contributed by atoms with E-state index >= 15 is 4.39 Å². The number of aromatic nitrogens is 1. The van der Waals surface area contributed by atoms with Crippen molar-refractivity contribution in [2.75, 3.05) is 52.3 Å². The van der Waals surface area contributed by atoms with Crippen molar-refractivity contribution in [3.05, 3.63) is 65.1 Å². The second-order valence-electron chi connectivity index (χ2n) is 10.3. The van der Waals surface area contributed by atoms with Gasteiger partial charge in [-0.2, -0.15) is 0 Å². The molecule has 0 aliphatic carbocycles. The number of methoxy groups -OCH3 is 1. The number of pyridine rings is 1. The van der Waals surface area contributed by atoms with Crippen LogP contribution in [-0.4, -0.2) is 62.4 Å². The van der Waals surface area contributed by atoms with Crippen LogP contribution in [0.3, 0.4) is 0 Å². The molecule has 9 heteroatoms. The SMILES string of the molecule is COc1ccc2ncc(N(C)C)c(C(F)CCC3(CO)CCN(CC#Cc4c(F)cc(F)cc4F)CC3)c2c1. The fourth-order valence-corrected chi connectivity index (χ4v) is 5.15. The van der Waals surface area contributed by atoms with Crippen molar-refractivity contribution in [2.45, 2.75) is 31.9 Å². The van der Waals surface area contributed by atoms with Gasteiger partial charge >= 0.3 is 0 Å². The van der Waals surface area contributed by atoms with Crippen LogP contribution < -0.4 is 9.64 Å². The number of ether oxygens (including phenoxy) is 1. The molecular formula is C30H33F4N3O2. The summed E-state index contributed by atoms with van der Waals surface area (Å²) in [5.41, 5.74) is 1.06. The van der Waals surface area contributed by atoms with Gasteiger partial charge in [-0.25, -0.2) is 17.6 Å². The molecule has 0 radical (unpaired) electrons. The highest BCUT2D eigenvalue weighted by molar-refractivity contribution is 5.88. The Bertz CT molecular complexity index is 1350. The number of hydrogen-bond donors (Lipinski definition) is 1. The topological polar surface area (TPSA) is 48.8 Å². The molecule has 1 saturated heterocycles. The minimum Gasteiger partial charge on any atom is -0.497 e. The van der Waals surface area contributed by atoms with E-state index < -0.39 is 34.6 Å². The van der Waals surface area contributed by atoms with Crippen molar-refractivity contribution in [3.8, 4) is 17.6 Å². The van der Waals surface area contributed by atoms with Crippen LogP contribution in [0.2, 0.25) is 0 Å². The van der Waals surface area contributed by atoms with Crippen LogP contribution in [-0.2, 0) is 0 Å². The van der Waals surface area contributed by atoms with E-state index in [4.69, 9.17) is 4.74 Å². The predicted molar refractivity (Wildman–Crippen MR) is 144 cm³/mol. The zero-order chi connectivity index (χ0) is 28.2. The van der Waals surface area contributed by atoms with Gasteiger partial charge in [-0.15, -0.1) is 0 Å². The van der Waals surface area contributed by atoms with E-state index in [1.807, 2.05) is 36.0 Å². The average Bonchev–Trinajstić information content (AvgIpc) is 2.92. The summed E-state index contributed by atoms with van der Waals surface area (Å²) in [5.74, 6) is 2.80. The van der Waals surface area contributed by atoms with Crippen LogP contribution in [0.1, 0.15) is 43.0 Å². The number of aliphatic hydroxyl groups is 1. The molecule has 5 nitrogen and oxygen atoms in total. The van der Waals surface area contributed by atoms with Gasteiger partial charge in [0.2, 0.25) is 0 Å². The maximum absolute atomic E-state index is 16.0. The lowest BCUT2D eigenvalue weighted by Gasteiger charge is -2.40. The number of anilines is 1. The van der Waals surface area contributed by atoms with Gasteiger partial charge < -0.3 is 14.7 Å². The van der Waals surface area contributed by atoms with Crippen LogP contribution in [0.25, 0.3) is 10.9 Å². The molecule has 1 aromatic heterocycles. The summed E-state index contributed by atoms with van der Waals surface area (Å²) in [7, 11) is 5.27. The number of hydrogen-bond acceptors (Lipinski definition) is 5. The highest BCUT2D eigenvalue weighted by Gasteiger charge is 2.35. The molecule has 0 saturated carbocycles. The molecule has 4 rings (SSSR count). The Morgan fingerprint density at radius 1 is 1.13 bits per heavy atom. The standard InChI is InChI=1S/C30H33F4N3O2/c1-36(2)28-18-35-27-7-6-21(39-3)17-23(27)29(28)24(32)8-9-30(19-38)10-13-37(14-11-30)12-4-5-22-25(33)15-20(31)16-26(22)34/h6-7,15-18,24,38H,8-14,19H2,1-3H3. The number of nitrogens with zero attached hydrogens (tertiary/aromatic N) is 3. The van der Waals surface area contributed by atoms with E-state index in [0.29, 0.717) is 72.4 Å². The molecule has 3 aromatic rings. The van der Waals surface area contributed by atoms with E-state index in [1.54, 1.807) is 19.4 Å². The molecule has 1 unspecified atom stereocenters. The van der Waals surface area contributed by atoms with Crippen LogP contribution in [0.15, 0.2) is 36.5 Å². The molecule has 1 aliphatic rings. The molecule has 2 heterocycles. The Kier molecular flexibility index (Phi) is 8.98. The Morgan fingerprint density at radius 3 is 2.44 bits per heavy atom. The van der Waals surface area contributed by atoms with Gasteiger partial charge in [0.25, 0.3) is 0 Å². The quantitative estimate of drug-likeness (QED) is 0.294. The second kappa shape index (κ2) is 12.2. The smallest absolute Gasteiger partial charge is 0.144 e. The van der Waals surface area contributed by atoms with E-state index in [-0.39, 0.29) is 19.6 Å². The Balaban J connectivity index is 1.43. The Morgan fingerprint density at radius 2 is 1.82 bits per heavy atom. The van der Waals surface area contributed by atoms with Crippen molar-refractivity contribution in [2.24, 2.45) is 5.41 Å². The molecule has 208 valence electrons. The van der Waals surface area contributed by atoms with Gasteiger partial charge in [-0.1, -0.05) is 11.8 Å². The maximum Gasteiger partial charge on any atom is 0.144 e. The minimum atomic E-state index is -1.27. The summed E-state index contributed by atoms with van der Waals surface area (Å²) in [5, 5.41) is 11.0. The monoisotopic (exact) mass is 543 g/mol. The number of rotatable bonds is 8. The summed E-state index contributed by atoms with van der Waals surface area (Å²) in [4.78, 5) is 8.36. The van der Waals surface area contributed by atoms with Gasteiger partial charge in [0, 0.05) is 43.8 Å². The molecular weight excluding hydrogens is 510 g/mol. The van der Waals surface area contributed by atoms with Crippen molar-refractivity contribution in [3.63, 3.8) is 0 Å². The molecule has 39 heavy (non-hydrogen) atoms. The first kappa shape index (κ1) is 28.7. The number of likely N-dealkylation sites (tertiary alicyclic amines) is 1. The third kappa shape index (κ3) is 6.45. The Hall–Kier alpha value is -3.35. The number of alkyl halides is 1. The summed E-state index contributed by atoms with van der Waals surface area (Å²) in [6.07, 6.45) is 2.43. The van der Waals surface area contributed by atoms with E-state index in [2.05, 4.69) is 16.8 Å². The van der Waals surface area contributed by atoms with E-state index in [0.717, 1.165) is 0 Å². The largest absolute Gasteiger partial charge is 0.497 e. The molecule has 0 spiro atoms. The summed E-state index contributed by atoms with van der Waals surface area (Å²) in [6, 6.07) is 6.63. The van der Waals surface area contributed by atoms with Gasteiger partial charge in [-0.05, 0) is 62.4 Å². The maximum atomic E-state index is 16.0. The van der Waals surface area contributed by atoms with Crippen molar-refractivity contribution < 1.29 is 27.4 Å². The highest BCUT2D eigenvalue weighted by atomic mass is 19.1. The lowest BCUT2D eigenvalue weighted by Crippen LogP contribution is -2.42. The van der Waals surface area contributed by atoms with Gasteiger partial charge in [-0.3, -0.25) is 9.88 Å². The number of halogens is 4. The fraction of sp³-hybridized carbons (Fsp3) is 0.433. The van der Waals surface area contributed by atoms with Crippen molar-refractivity contribution in [1.82, 2.24) is 9.88 Å². The van der Waals surface area contributed by atoms with E-state index in [9.17, 15) is 18.3 Å². The van der Waals surface area contributed by atoms with E-state index in [1.165, 1.54) is 0 Å². The molecule has 1 atom stereocenters. The lowest BCUT2D eigenvalue weighted by atomic mass is 9.74. The van der Waals surface area contributed by atoms with Crippen LogP contribution >= 0.6 is 0 Å². The second-order valence-corrected chi connectivity index (χ2v) is 10.3. The molecule has 1 N–H and O–H groups in total. The predicted octanol–water partition coefficient (Wildman–Crippen LogP) is 5.64.